The lowest BCUT2D eigenvalue weighted by Crippen LogP contribution is -2.29. The average molecular weight is 209 g/mol. The zero-order valence-electron chi connectivity index (χ0n) is 8.34. The van der Waals surface area contributed by atoms with Crippen LogP contribution in [0.5, 0.6) is 0 Å². The van der Waals surface area contributed by atoms with Crippen molar-refractivity contribution in [3.8, 4) is 0 Å². The van der Waals surface area contributed by atoms with Crippen LogP contribution in [0.2, 0.25) is 0 Å². The molecule has 0 saturated carbocycles. The third-order valence-corrected chi connectivity index (χ3v) is 2.99. The monoisotopic (exact) mass is 209 g/mol. The van der Waals surface area contributed by atoms with Crippen LogP contribution in [0.4, 0.5) is 0 Å². The van der Waals surface area contributed by atoms with Gasteiger partial charge in [0.15, 0.2) is 4.77 Å². The molecule has 0 amide bonds. The van der Waals surface area contributed by atoms with Gasteiger partial charge in [0.2, 0.25) is 0 Å². The van der Waals surface area contributed by atoms with Gasteiger partial charge >= 0.3 is 0 Å². The number of hydrogen-bond acceptors (Lipinski definition) is 3. The number of aromatic nitrogens is 2. The van der Waals surface area contributed by atoms with Gasteiger partial charge < -0.3 is 10.3 Å². The van der Waals surface area contributed by atoms with Gasteiger partial charge in [-0.3, -0.25) is 0 Å². The smallest absolute Gasteiger partial charge is 0.196 e. The van der Waals surface area contributed by atoms with Gasteiger partial charge in [-0.2, -0.15) is 0 Å². The van der Waals surface area contributed by atoms with Crippen LogP contribution in [0.15, 0.2) is 6.20 Å². The topological polar surface area (TPSA) is 40.7 Å². The molecule has 76 valence electrons. The number of nitrogens with one attached hydrogen (secondary N) is 2. The molecule has 14 heavy (non-hydrogen) atoms. The number of aryl methyl sites for hydroxylation is 1. The first kappa shape index (κ1) is 9.80. The minimum absolute atomic E-state index is 0.579. The van der Waals surface area contributed by atoms with E-state index in [1.54, 1.807) is 0 Å². The maximum absolute atomic E-state index is 4.98. The molecule has 2 heterocycles. The lowest BCUT2D eigenvalue weighted by atomic mass is 9.92. The van der Waals surface area contributed by atoms with E-state index in [1.807, 2.05) is 6.20 Å². The summed E-state index contributed by atoms with van der Waals surface area (Å²) in [6, 6.07) is 0. The van der Waals surface area contributed by atoms with E-state index in [0.717, 1.165) is 13.1 Å². The molecule has 0 bridgehead atoms. The molecular weight excluding hydrogens is 194 g/mol. The average Bonchev–Trinajstić information content (AvgIpc) is 2.19. The Morgan fingerprint density at radius 1 is 1.57 bits per heavy atom. The largest absolute Gasteiger partial charge is 0.335 e. The number of H-pyrrole nitrogens is 1. The van der Waals surface area contributed by atoms with Crippen LogP contribution in [-0.2, 0) is 0 Å². The van der Waals surface area contributed by atoms with Crippen molar-refractivity contribution in [3.63, 3.8) is 0 Å². The van der Waals surface area contributed by atoms with Gasteiger partial charge in [0.05, 0.1) is 0 Å². The molecule has 1 fully saturated rings. The first-order valence-corrected chi connectivity index (χ1v) is 5.45. The summed E-state index contributed by atoms with van der Waals surface area (Å²) in [5.41, 5.74) is 2.48. The van der Waals surface area contributed by atoms with E-state index in [2.05, 4.69) is 22.2 Å². The number of rotatable bonds is 1. The fourth-order valence-electron chi connectivity index (χ4n) is 2.02. The zero-order valence-corrected chi connectivity index (χ0v) is 9.16. The molecule has 1 atom stereocenters. The highest BCUT2D eigenvalue weighted by molar-refractivity contribution is 7.71. The van der Waals surface area contributed by atoms with Gasteiger partial charge in [0.25, 0.3) is 0 Å². The number of aromatic amines is 1. The van der Waals surface area contributed by atoms with Gasteiger partial charge in [-0.25, -0.2) is 4.98 Å². The Kier molecular flexibility index (Phi) is 2.93. The van der Waals surface area contributed by atoms with Crippen molar-refractivity contribution in [3.05, 3.63) is 22.2 Å². The van der Waals surface area contributed by atoms with Crippen LogP contribution in [0.25, 0.3) is 0 Å². The number of nitrogens with zero attached hydrogens (tertiary/aromatic N) is 1. The lowest BCUT2D eigenvalue weighted by molar-refractivity contribution is 0.458. The van der Waals surface area contributed by atoms with Crippen molar-refractivity contribution in [1.29, 1.82) is 0 Å². The van der Waals surface area contributed by atoms with Gasteiger partial charge in [-0.05, 0) is 50.0 Å². The number of piperidine rings is 1. The summed E-state index contributed by atoms with van der Waals surface area (Å²) < 4.78 is 0.579. The lowest BCUT2D eigenvalue weighted by Gasteiger charge is -2.23. The summed E-state index contributed by atoms with van der Waals surface area (Å²) in [4.78, 5) is 7.26. The van der Waals surface area contributed by atoms with Gasteiger partial charge in [0, 0.05) is 18.4 Å². The Morgan fingerprint density at radius 3 is 3.07 bits per heavy atom. The third-order valence-electron chi connectivity index (χ3n) is 2.79. The van der Waals surface area contributed by atoms with Crippen LogP contribution in [0, 0.1) is 11.7 Å². The van der Waals surface area contributed by atoms with E-state index in [9.17, 15) is 0 Å². The summed E-state index contributed by atoms with van der Waals surface area (Å²) in [7, 11) is 0. The Bertz CT molecular complexity index is 366. The highest BCUT2D eigenvalue weighted by Gasteiger charge is 2.17. The summed E-state index contributed by atoms with van der Waals surface area (Å²) in [5, 5.41) is 3.41. The molecule has 0 radical (unpaired) electrons. The van der Waals surface area contributed by atoms with E-state index in [0.29, 0.717) is 10.7 Å². The quantitative estimate of drug-likeness (QED) is 0.694. The SMILES string of the molecule is Cc1[nH]c(=S)ncc1C1CCCNC1. The van der Waals surface area contributed by atoms with E-state index in [1.165, 1.54) is 24.1 Å². The van der Waals surface area contributed by atoms with Gasteiger partial charge in [-0.15, -0.1) is 0 Å². The van der Waals surface area contributed by atoms with E-state index in [4.69, 9.17) is 12.2 Å². The number of hydrogen-bond donors (Lipinski definition) is 2. The summed E-state index contributed by atoms with van der Waals surface area (Å²) in [6.45, 7) is 4.28. The molecule has 1 aliphatic rings. The van der Waals surface area contributed by atoms with Gasteiger partial charge in [-0.1, -0.05) is 0 Å². The molecular formula is C10H15N3S. The predicted molar refractivity (Wildman–Crippen MR) is 59.0 cm³/mol. The van der Waals surface area contributed by atoms with Crippen molar-refractivity contribution in [2.75, 3.05) is 13.1 Å². The van der Waals surface area contributed by atoms with Crippen molar-refractivity contribution >= 4 is 12.2 Å². The molecule has 1 aromatic heterocycles. The molecule has 1 unspecified atom stereocenters. The highest BCUT2D eigenvalue weighted by atomic mass is 32.1. The van der Waals surface area contributed by atoms with E-state index < -0.39 is 0 Å². The predicted octanol–water partition coefficient (Wildman–Crippen LogP) is 1.91. The van der Waals surface area contributed by atoms with Gasteiger partial charge in [0.1, 0.15) is 0 Å². The third kappa shape index (κ3) is 2.01. The Hall–Kier alpha value is -0.740. The fourth-order valence-corrected chi connectivity index (χ4v) is 2.22. The van der Waals surface area contributed by atoms with Crippen molar-refractivity contribution < 1.29 is 0 Å². The van der Waals surface area contributed by atoms with Crippen LogP contribution < -0.4 is 5.32 Å². The molecule has 2 rings (SSSR count). The maximum Gasteiger partial charge on any atom is 0.196 e. The molecule has 1 aromatic rings. The molecule has 3 nitrogen and oxygen atoms in total. The van der Waals surface area contributed by atoms with E-state index in [-0.39, 0.29) is 0 Å². The van der Waals surface area contributed by atoms with Crippen molar-refractivity contribution in [1.82, 2.24) is 15.3 Å². The maximum atomic E-state index is 4.98. The first-order chi connectivity index (χ1) is 6.77. The molecule has 0 aromatic carbocycles. The van der Waals surface area contributed by atoms with Crippen molar-refractivity contribution in [2.24, 2.45) is 0 Å². The Labute approximate surface area is 89.0 Å². The standard InChI is InChI=1S/C10H15N3S/c1-7-9(6-12-10(14)13-7)8-3-2-4-11-5-8/h6,8,11H,2-5H2,1H3,(H,12,13,14). The van der Waals surface area contributed by atoms with Crippen LogP contribution in [-0.4, -0.2) is 23.1 Å². The second kappa shape index (κ2) is 4.19. The summed E-state index contributed by atoms with van der Waals surface area (Å²) in [6.07, 6.45) is 4.42. The molecule has 4 heteroatoms. The summed E-state index contributed by atoms with van der Waals surface area (Å²) in [5.74, 6) is 0.600. The Morgan fingerprint density at radius 2 is 2.43 bits per heavy atom. The zero-order chi connectivity index (χ0) is 9.97. The highest BCUT2D eigenvalue weighted by Crippen LogP contribution is 2.23. The molecule has 1 aliphatic heterocycles. The fraction of sp³-hybridized carbons (Fsp3) is 0.600. The molecule has 0 spiro atoms. The first-order valence-electron chi connectivity index (χ1n) is 5.04. The molecule has 2 N–H and O–H groups in total. The van der Waals surface area contributed by atoms with Crippen LogP contribution in [0.1, 0.15) is 30.0 Å². The van der Waals surface area contributed by atoms with E-state index >= 15 is 0 Å². The molecule has 1 saturated heterocycles. The van der Waals surface area contributed by atoms with Crippen molar-refractivity contribution in [2.45, 2.75) is 25.7 Å². The minimum Gasteiger partial charge on any atom is -0.335 e. The second-order valence-electron chi connectivity index (χ2n) is 3.81. The normalized spacial score (nSPS) is 22.2. The Balaban J connectivity index is 2.26. The van der Waals surface area contributed by atoms with Crippen LogP contribution in [0.3, 0.4) is 0 Å². The molecule has 0 aliphatic carbocycles. The minimum atomic E-state index is 0.579. The van der Waals surface area contributed by atoms with Crippen LogP contribution >= 0.6 is 12.2 Å². The summed E-state index contributed by atoms with van der Waals surface area (Å²) >= 11 is 4.98. The second-order valence-corrected chi connectivity index (χ2v) is 4.20.